The molecule has 0 heteroatoms. The van der Waals surface area contributed by atoms with E-state index in [1.807, 2.05) is 0 Å². The Bertz CT molecular complexity index is 503. The van der Waals surface area contributed by atoms with E-state index in [2.05, 4.69) is 104 Å². The van der Waals surface area contributed by atoms with Crippen LogP contribution in [0.1, 0.15) is 155 Å². The molecule has 0 aliphatic heterocycles. The van der Waals surface area contributed by atoms with Crippen LogP contribution in [0.5, 0.6) is 0 Å². The first-order valence-electron chi connectivity index (χ1n) is 15.3. The molecule has 0 aromatic rings. The summed E-state index contributed by atoms with van der Waals surface area (Å²) in [5.41, 5.74) is 0.925. The predicted octanol–water partition coefficient (Wildman–Crippen LogP) is 11.9. The van der Waals surface area contributed by atoms with Crippen molar-refractivity contribution in [3.8, 4) is 0 Å². The second-order valence-electron chi connectivity index (χ2n) is 16.0. The van der Waals surface area contributed by atoms with Crippen molar-refractivity contribution in [3.63, 3.8) is 0 Å². The van der Waals surface area contributed by atoms with E-state index in [-0.39, 0.29) is 0 Å². The quantitative estimate of drug-likeness (QED) is 0.207. The summed E-state index contributed by atoms with van der Waals surface area (Å²) < 4.78 is 0. The molecule has 0 aliphatic carbocycles. The molecule has 206 valence electrons. The van der Waals surface area contributed by atoms with Crippen LogP contribution in [0.25, 0.3) is 0 Å². The van der Waals surface area contributed by atoms with Crippen LogP contribution >= 0.6 is 0 Å². The summed E-state index contributed by atoms with van der Waals surface area (Å²) in [6.45, 7) is 36.9. The van der Waals surface area contributed by atoms with Gasteiger partial charge in [0.1, 0.15) is 0 Å². The van der Waals surface area contributed by atoms with Gasteiger partial charge >= 0.3 is 0 Å². The van der Waals surface area contributed by atoms with Crippen molar-refractivity contribution in [2.75, 3.05) is 0 Å². The maximum Gasteiger partial charge on any atom is -0.0380 e. The van der Waals surface area contributed by atoms with Crippen molar-refractivity contribution in [1.82, 2.24) is 0 Å². The molecule has 9 unspecified atom stereocenters. The van der Waals surface area contributed by atoms with E-state index >= 15 is 0 Å². The Hall–Kier alpha value is 0. The Labute approximate surface area is 219 Å². The molecule has 0 aliphatic rings. The highest BCUT2D eigenvalue weighted by Crippen LogP contribution is 2.37. The summed E-state index contributed by atoms with van der Waals surface area (Å²) in [5, 5.41) is 0. The van der Waals surface area contributed by atoms with E-state index in [9.17, 15) is 0 Å². The average Bonchev–Trinajstić information content (AvgIpc) is 2.69. The highest BCUT2D eigenvalue weighted by molar-refractivity contribution is 4.78. The molecule has 0 saturated heterocycles. The molecule has 0 N–H and O–H groups in total. The minimum Gasteiger partial charge on any atom is -0.0625 e. The van der Waals surface area contributed by atoms with Gasteiger partial charge < -0.3 is 0 Å². The van der Waals surface area contributed by atoms with Crippen LogP contribution in [0, 0.1) is 64.1 Å². The highest BCUT2D eigenvalue weighted by atomic mass is 14.3. The van der Waals surface area contributed by atoms with Gasteiger partial charge in [-0.05, 0) is 76.9 Å². The Balaban J connectivity index is 4.46. The van der Waals surface area contributed by atoms with Gasteiger partial charge in [0, 0.05) is 0 Å². The van der Waals surface area contributed by atoms with Crippen LogP contribution in [0.15, 0.2) is 0 Å². The van der Waals surface area contributed by atoms with Crippen LogP contribution < -0.4 is 0 Å². The fourth-order valence-corrected chi connectivity index (χ4v) is 6.43. The third-order valence-electron chi connectivity index (χ3n) is 9.66. The fourth-order valence-electron chi connectivity index (χ4n) is 6.43. The van der Waals surface area contributed by atoms with Crippen LogP contribution in [0.2, 0.25) is 0 Å². The van der Waals surface area contributed by atoms with Crippen molar-refractivity contribution < 1.29 is 0 Å². The maximum atomic E-state index is 2.55. The van der Waals surface area contributed by atoms with Crippen molar-refractivity contribution in [2.45, 2.75) is 155 Å². The van der Waals surface area contributed by atoms with E-state index in [1.54, 1.807) is 0 Å². The summed E-state index contributed by atoms with van der Waals surface area (Å²) in [4.78, 5) is 0. The fraction of sp³-hybridized carbons (Fsp3) is 1.00. The monoisotopic (exact) mass is 479 g/mol. The molecule has 0 radical (unpaired) electrons. The smallest absolute Gasteiger partial charge is 0.0380 e. The molecule has 0 amide bonds. The molecule has 34 heavy (non-hydrogen) atoms. The lowest BCUT2D eigenvalue weighted by Gasteiger charge is -2.35. The molecule has 0 aromatic carbocycles. The van der Waals surface area contributed by atoms with Gasteiger partial charge in [-0.3, -0.25) is 0 Å². The molecule has 0 rings (SSSR count). The van der Waals surface area contributed by atoms with E-state index in [0.717, 1.165) is 53.3 Å². The van der Waals surface area contributed by atoms with Crippen LogP contribution in [-0.2, 0) is 0 Å². The normalized spacial score (nSPS) is 21.3. The zero-order chi connectivity index (χ0) is 26.9. The van der Waals surface area contributed by atoms with Crippen molar-refractivity contribution in [1.29, 1.82) is 0 Å². The summed E-state index contributed by atoms with van der Waals surface area (Å²) in [7, 11) is 0. The van der Waals surface area contributed by atoms with Crippen LogP contribution in [-0.4, -0.2) is 0 Å². The van der Waals surface area contributed by atoms with Gasteiger partial charge in [-0.25, -0.2) is 0 Å². The van der Waals surface area contributed by atoms with Gasteiger partial charge in [0.2, 0.25) is 0 Å². The molecular weight excluding hydrogens is 408 g/mol. The maximum absolute atomic E-state index is 2.55. The lowest BCUT2D eigenvalue weighted by atomic mass is 9.71. The largest absolute Gasteiger partial charge is 0.0625 e. The second kappa shape index (κ2) is 15.3. The number of rotatable bonds is 16. The van der Waals surface area contributed by atoms with Crippen molar-refractivity contribution in [2.24, 2.45) is 64.1 Å². The van der Waals surface area contributed by atoms with Gasteiger partial charge in [0.05, 0.1) is 0 Å². The average molecular weight is 479 g/mol. The third kappa shape index (κ3) is 15.2. The molecule has 0 heterocycles. The Kier molecular flexibility index (Phi) is 15.3. The lowest BCUT2D eigenvalue weighted by molar-refractivity contribution is 0.146. The molecule has 0 saturated carbocycles. The van der Waals surface area contributed by atoms with E-state index in [0.29, 0.717) is 10.8 Å². The molecule has 9 atom stereocenters. The summed E-state index contributed by atoms with van der Waals surface area (Å²) in [6.07, 6.45) is 11.1. The summed E-state index contributed by atoms with van der Waals surface area (Å²) in [6, 6.07) is 0. The lowest BCUT2D eigenvalue weighted by Crippen LogP contribution is -2.27. The van der Waals surface area contributed by atoms with E-state index < -0.39 is 0 Å². The van der Waals surface area contributed by atoms with Crippen molar-refractivity contribution >= 4 is 0 Å². The highest BCUT2D eigenvalue weighted by Gasteiger charge is 2.28. The van der Waals surface area contributed by atoms with Gasteiger partial charge in [-0.15, -0.1) is 0 Å². The zero-order valence-corrected chi connectivity index (χ0v) is 26.9. The first-order chi connectivity index (χ1) is 15.3. The Morgan fingerprint density at radius 2 is 0.706 bits per heavy atom. The summed E-state index contributed by atoms with van der Waals surface area (Å²) in [5.74, 6) is 7.53. The Morgan fingerprint density at radius 3 is 1.15 bits per heavy atom. The van der Waals surface area contributed by atoms with Crippen LogP contribution in [0.3, 0.4) is 0 Å². The summed E-state index contributed by atoms with van der Waals surface area (Å²) >= 11 is 0. The minimum atomic E-state index is 0.453. The zero-order valence-electron chi connectivity index (χ0n) is 26.9. The molecule has 0 fully saturated rings. The Morgan fingerprint density at radius 1 is 0.353 bits per heavy atom. The van der Waals surface area contributed by atoms with Gasteiger partial charge in [0.25, 0.3) is 0 Å². The van der Waals surface area contributed by atoms with Gasteiger partial charge in [-0.2, -0.15) is 0 Å². The van der Waals surface area contributed by atoms with Gasteiger partial charge in [-0.1, -0.05) is 142 Å². The standard InChI is InChI=1S/C34H70/c1-24(16-17-25(2)22-33(10,11)12)18-19-27(4)30(7)32(9)31(8)28(5)21-20-26(3)29(6)23-34(13,14)15/h24-32H,16-23H2,1-15H3. The molecule has 0 nitrogen and oxygen atoms in total. The molecule has 0 bridgehead atoms. The second-order valence-corrected chi connectivity index (χ2v) is 16.0. The first kappa shape index (κ1) is 34.0. The van der Waals surface area contributed by atoms with E-state index in [4.69, 9.17) is 0 Å². The minimum absolute atomic E-state index is 0.453. The molecule has 0 aromatic heterocycles. The molecular formula is C34H70. The number of hydrogen-bond donors (Lipinski definition) is 0. The number of hydrogen-bond acceptors (Lipinski definition) is 0. The van der Waals surface area contributed by atoms with E-state index in [1.165, 1.54) is 51.4 Å². The van der Waals surface area contributed by atoms with Crippen molar-refractivity contribution in [3.05, 3.63) is 0 Å². The third-order valence-corrected chi connectivity index (χ3v) is 9.66. The first-order valence-corrected chi connectivity index (χ1v) is 15.3. The van der Waals surface area contributed by atoms with Crippen LogP contribution in [0.4, 0.5) is 0 Å². The predicted molar refractivity (Wildman–Crippen MR) is 158 cm³/mol. The SMILES string of the molecule is CC(CCC(C)CC(C)(C)C)CCC(C)C(C)C(C)C(C)C(C)CCC(C)C(C)CC(C)(C)C. The van der Waals surface area contributed by atoms with Gasteiger partial charge in [0.15, 0.2) is 0 Å². The molecule has 0 spiro atoms. The topological polar surface area (TPSA) is 0 Å².